The van der Waals surface area contributed by atoms with Gasteiger partial charge in [0.25, 0.3) is 0 Å². The highest BCUT2D eigenvalue weighted by Crippen LogP contribution is 2.29. The molecule has 0 aliphatic carbocycles. The molecule has 0 aromatic heterocycles. The fourth-order valence-corrected chi connectivity index (χ4v) is 1.76. The zero-order chi connectivity index (χ0) is 14.4. The molecule has 0 fully saturated rings. The molecule has 104 valence electrons. The summed E-state index contributed by atoms with van der Waals surface area (Å²) < 4.78 is 4.69. The zero-order valence-corrected chi connectivity index (χ0v) is 11.5. The lowest BCUT2D eigenvalue weighted by Crippen LogP contribution is -2.45. The summed E-state index contributed by atoms with van der Waals surface area (Å²) >= 11 is 11.7. The summed E-state index contributed by atoms with van der Waals surface area (Å²) in [6, 6.07) is 2.82. The molecule has 2 amide bonds. The van der Waals surface area contributed by atoms with Crippen LogP contribution in [0.2, 0.25) is 10.0 Å². The third-order valence-electron chi connectivity index (χ3n) is 2.14. The van der Waals surface area contributed by atoms with Gasteiger partial charge in [0.2, 0.25) is 0 Å². The minimum absolute atomic E-state index is 0.154. The molecule has 0 bridgehead atoms. The van der Waals surface area contributed by atoms with Gasteiger partial charge >= 0.3 is 12.0 Å². The number of amides is 2. The average molecular weight is 307 g/mol. The second-order valence-electron chi connectivity index (χ2n) is 3.54. The van der Waals surface area contributed by atoms with E-state index in [9.17, 15) is 9.59 Å². The number of carboxylic acids is 1. The number of anilines is 1. The number of halogens is 2. The van der Waals surface area contributed by atoms with Gasteiger partial charge in [-0.15, -0.1) is 0 Å². The molecular weight excluding hydrogens is 295 g/mol. The SMILES string of the molecule is COCC(NC(=O)Nc1c(Cl)cccc1Cl)C(=O)O. The zero-order valence-electron chi connectivity index (χ0n) is 9.94. The summed E-state index contributed by atoms with van der Waals surface area (Å²) in [7, 11) is 1.33. The Morgan fingerprint density at radius 3 is 2.42 bits per heavy atom. The fourth-order valence-electron chi connectivity index (χ4n) is 1.27. The number of rotatable bonds is 5. The molecular formula is C11H12Cl2N2O4. The Hall–Kier alpha value is -1.50. The number of carbonyl (C=O) groups excluding carboxylic acids is 1. The van der Waals surface area contributed by atoms with E-state index >= 15 is 0 Å². The number of methoxy groups -OCH3 is 1. The summed E-state index contributed by atoms with van der Waals surface area (Å²) in [4.78, 5) is 22.5. The number of para-hydroxylation sites is 1. The standard InChI is InChI=1S/C11H12Cl2N2O4/c1-19-5-8(10(16)17)14-11(18)15-9-6(12)3-2-4-7(9)13/h2-4,8H,5H2,1H3,(H,16,17)(H2,14,15,18). The third-order valence-corrected chi connectivity index (χ3v) is 2.77. The molecule has 0 saturated heterocycles. The number of carboxylic acid groups (broad SMARTS) is 1. The van der Waals surface area contributed by atoms with E-state index < -0.39 is 18.0 Å². The summed E-state index contributed by atoms with van der Waals surface area (Å²) in [5.74, 6) is -1.21. The van der Waals surface area contributed by atoms with Gasteiger partial charge in [0.1, 0.15) is 0 Å². The normalized spacial score (nSPS) is 11.7. The van der Waals surface area contributed by atoms with Crippen LogP contribution in [-0.4, -0.2) is 36.9 Å². The second-order valence-corrected chi connectivity index (χ2v) is 4.36. The first-order valence-corrected chi connectivity index (χ1v) is 5.94. The van der Waals surface area contributed by atoms with Crippen LogP contribution in [0, 0.1) is 0 Å². The largest absolute Gasteiger partial charge is 0.480 e. The molecule has 8 heteroatoms. The third kappa shape index (κ3) is 4.59. The van der Waals surface area contributed by atoms with E-state index in [0.717, 1.165) is 0 Å². The van der Waals surface area contributed by atoms with Crippen molar-refractivity contribution in [2.45, 2.75) is 6.04 Å². The first-order chi connectivity index (χ1) is 8.95. The number of hydrogen-bond donors (Lipinski definition) is 3. The predicted octanol–water partition coefficient (Wildman–Crippen LogP) is 2.21. The van der Waals surface area contributed by atoms with Crippen molar-refractivity contribution in [3.8, 4) is 0 Å². The number of urea groups is 1. The quantitative estimate of drug-likeness (QED) is 0.778. The van der Waals surface area contributed by atoms with Crippen molar-refractivity contribution in [3.63, 3.8) is 0 Å². The van der Waals surface area contributed by atoms with Gasteiger partial charge < -0.3 is 20.5 Å². The Balaban J connectivity index is 2.72. The Morgan fingerprint density at radius 1 is 1.37 bits per heavy atom. The molecule has 1 aromatic rings. The lowest BCUT2D eigenvalue weighted by Gasteiger charge is -2.15. The lowest BCUT2D eigenvalue weighted by molar-refractivity contribution is -0.140. The first-order valence-electron chi connectivity index (χ1n) is 5.19. The molecule has 19 heavy (non-hydrogen) atoms. The number of ether oxygens (including phenoxy) is 1. The van der Waals surface area contributed by atoms with E-state index in [4.69, 9.17) is 28.3 Å². The van der Waals surface area contributed by atoms with Crippen molar-refractivity contribution < 1.29 is 19.4 Å². The van der Waals surface area contributed by atoms with Gasteiger partial charge in [0.15, 0.2) is 6.04 Å². The van der Waals surface area contributed by atoms with Gasteiger partial charge in [0.05, 0.1) is 22.3 Å². The number of benzene rings is 1. The maximum atomic E-state index is 11.6. The fraction of sp³-hybridized carbons (Fsp3) is 0.273. The molecule has 6 nitrogen and oxygen atoms in total. The van der Waals surface area contributed by atoms with Gasteiger partial charge in [-0.05, 0) is 12.1 Å². The summed E-state index contributed by atoms with van der Waals surface area (Å²) in [6.07, 6.45) is 0. The number of hydrogen-bond acceptors (Lipinski definition) is 3. The van der Waals surface area contributed by atoms with Gasteiger partial charge in [-0.3, -0.25) is 0 Å². The van der Waals surface area contributed by atoms with E-state index in [1.54, 1.807) is 18.2 Å². The Labute approximate surface area is 119 Å². The van der Waals surface area contributed by atoms with Crippen molar-refractivity contribution in [1.29, 1.82) is 0 Å². The minimum Gasteiger partial charge on any atom is -0.480 e. The topological polar surface area (TPSA) is 87.7 Å². The van der Waals surface area contributed by atoms with Gasteiger partial charge in [-0.25, -0.2) is 9.59 Å². The first kappa shape index (κ1) is 15.6. The molecule has 1 atom stereocenters. The van der Waals surface area contributed by atoms with Crippen LogP contribution in [0.5, 0.6) is 0 Å². The van der Waals surface area contributed by atoms with Crippen LogP contribution in [0.4, 0.5) is 10.5 Å². The predicted molar refractivity (Wildman–Crippen MR) is 71.9 cm³/mol. The number of aliphatic carboxylic acids is 1. The number of carbonyl (C=O) groups is 2. The summed E-state index contributed by atoms with van der Waals surface area (Å²) in [5.41, 5.74) is 0.213. The van der Waals surface area contributed by atoms with Crippen molar-refractivity contribution in [3.05, 3.63) is 28.2 Å². The Morgan fingerprint density at radius 2 is 1.95 bits per heavy atom. The molecule has 0 heterocycles. The van der Waals surface area contributed by atoms with Crippen LogP contribution >= 0.6 is 23.2 Å². The monoisotopic (exact) mass is 306 g/mol. The van der Waals surface area contributed by atoms with Crippen molar-refractivity contribution in [2.24, 2.45) is 0 Å². The minimum atomic E-state index is -1.21. The highest BCUT2D eigenvalue weighted by molar-refractivity contribution is 6.39. The van der Waals surface area contributed by atoms with Crippen LogP contribution in [0.25, 0.3) is 0 Å². The van der Waals surface area contributed by atoms with Crippen LogP contribution in [0.1, 0.15) is 0 Å². The lowest BCUT2D eigenvalue weighted by atomic mass is 10.3. The molecule has 3 N–H and O–H groups in total. The van der Waals surface area contributed by atoms with Crippen molar-refractivity contribution >= 4 is 40.9 Å². The van der Waals surface area contributed by atoms with Gasteiger partial charge in [-0.1, -0.05) is 29.3 Å². The summed E-state index contributed by atoms with van der Waals surface area (Å²) in [6.45, 7) is -0.154. The van der Waals surface area contributed by atoms with Crippen LogP contribution in [-0.2, 0) is 9.53 Å². The van der Waals surface area contributed by atoms with Crippen molar-refractivity contribution in [2.75, 3.05) is 19.0 Å². The van der Waals surface area contributed by atoms with E-state index in [-0.39, 0.29) is 22.3 Å². The number of nitrogens with one attached hydrogen (secondary N) is 2. The van der Waals surface area contributed by atoms with E-state index in [1.165, 1.54) is 7.11 Å². The molecule has 1 unspecified atom stereocenters. The van der Waals surface area contributed by atoms with Gasteiger partial charge in [0, 0.05) is 7.11 Å². The van der Waals surface area contributed by atoms with Crippen LogP contribution in [0.3, 0.4) is 0 Å². The molecule has 0 saturated carbocycles. The molecule has 0 aliphatic heterocycles. The van der Waals surface area contributed by atoms with Crippen LogP contribution < -0.4 is 10.6 Å². The van der Waals surface area contributed by atoms with Gasteiger partial charge in [-0.2, -0.15) is 0 Å². The van der Waals surface area contributed by atoms with E-state index in [1.807, 2.05) is 0 Å². The maximum absolute atomic E-state index is 11.6. The highest BCUT2D eigenvalue weighted by Gasteiger charge is 2.20. The molecule has 0 aliphatic rings. The molecule has 0 radical (unpaired) electrons. The van der Waals surface area contributed by atoms with E-state index in [0.29, 0.717) is 0 Å². The molecule has 1 aromatic carbocycles. The van der Waals surface area contributed by atoms with Crippen LogP contribution in [0.15, 0.2) is 18.2 Å². The Bertz CT molecular complexity index is 462. The van der Waals surface area contributed by atoms with Crippen molar-refractivity contribution in [1.82, 2.24) is 5.32 Å². The second kappa shape index (κ2) is 7.18. The summed E-state index contributed by atoms with van der Waals surface area (Å²) in [5, 5.41) is 14.0. The van der Waals surface area contributed by atoms with E-state index in [2.05, 4.69) is 15.4 Å². The molecule has 0 spiro atoms. The highest BCUT2D eigenvalue weighted by atomic mass is 35.5. The Kier molecular flexibility index (Phi) is 5.88. The average Bonchev–Trinajstić information content (AvgIpc) is 2.33. The smallest absolute Gasteiger partial charge is 0.328 e. The maximum Gasteiger partial charge on any atom is 0.328 e. The molecule has 1 rings (SSSR count).